The highest BCUT2D eigenvalue weighted by Crippen LogP contribution is 2.32. The van der Waals surface area contributed by atoms with Crippen LogP contribution in [0.25, 0.3) is 6.08 Å². The van der Waals surface area contributed by atoms with E-state index in [9.17, 15) is 20.0 Å². The molecule has 1 amide bonds. The van der Waals surface area contributed by atoms with E-state index < -0.39 is 11.9 Å². The fraction of sp³-hybridized carbons (Fsp3) is 0.0556. The highest BCUT2D eigenvalue weighted by Gasteiger charge is 2.13. The SMILES string of the molecule is COC(=O)c1ccc(NC(=O)/C(C#N)=C/c2cc(Cl)cc(Cl)c2O)cc1. The molecule has 0 unspecified atom stereocenters. The normalized spacial score (nSPS) is 10.8. The van der Waals surface area contributed by atoms with Gasteiger partial charge < -0.3 is 15.2 Å². The van der Waals surface area contributed by atoms with Gasteiger partial charge in [-0.3, -0.25) is 4.79 Å². The van der Waals surface area contributed by atoms with Gasteiger partial charge in [0.05, 0.1) is 17.7 Å². The molecule has 0 atom stereocenters. The van der Waals surface area contributed by atoms with Gasteiger partial charge in [-0.2, -0.15) is 5.26 Å². The molecule has 6 nitrogen and oxygen atoms in total. The van der Waals surface area contributed by atoms with E-state index in [0.29, 0.717) is 11.3 Å². The van der Waals surface area contributed by atoms with Crippen molar-refractivity contribution in [1.29, 1.82) is 5.26 Å². The Morgan fingerprint density at radius 1 is 1.23 bits per heavy atom. The summed E-state index contributed by atoms with van der Waals surface area (Å²) in [5, 5.41) is 21.9. The molecule has 132 valence electrons. The number of phenolic OH excluding ortho intramolecular Hbond substituents is 1. The van der Waals surface area contributed by atoms with E-state index in [1.807, 2.05) is 0 Å². The summed E-state index contributed by atoms with van der Waals surface area (Å²) in [6, 6.07) is 10.4. The number of nitrogens with zero attached hydrogens (tertiary/aromatic N) is 1. The van der Waals surface area contributed by atoms with E-state index in [4.69, 9.17) is 23.2 Å². The van der Waals surface area contributed by atoms with Gasteiger partial charge in [-0.05, 0) is 42.5 Å². The Hall–Kier alpha value is -3.01. The van der Waals surface area contributed by atoms with Gasteiger partial charge in [0, 0.05) is 16.3 Å². The van der Waals surface area contributed by atoms with Crippen molar-refractivity contribution < 1.29 is 19.4 Å². The third-order valence-corrected chi connectivity index (χ3v) is 3.79. The van der Waals surface area contributed by atoms with Crippen LogP contribution in [0.1, 0.15) is 15.9 Å². The standard InChI is InChI=1S/C18H12Cl2N2O4/c1-26-18(25)10-2-4-14(5-3-10)22-17(24)12(9-21)6-11-7-13(19)8-15(20)16(11)23/h2-8,23H,1H3,(H,22,24)/b12-6+. The highest BCUT2D eigenvalue weighted by atomic mass is 35.5. The molecule has 8 heteroatoms. The number of hydrogen-bond acceptors (Lipinski definition) is 5. The number of methoxy groups -OCH3 is 1. The third kappa shape index (κ3) is 4.54. The van der Waals surface area contributed by atoms with Crippen LogP contribution in [0.5, 0.6) is 5.75 Å². The zero-order chi connectivity index (χ0) is 19.3. The van der Waals surface area contributed by atoms with Gasteiger partial charge in [-0.15, -0.1) is 0 Å². The van der Waals surface area contributed by atoms with Crippen molar-refractivity contribution >= 4 is 46.8 Å². The van der Waals surface area contributed by atoms with Crippen molar-refractivity contribution in [3.05, 3.63) is 63.1 Å². The summed E-state index contributed by atoms with van der Waals surface area (Å²) in [6.45, 7) is 0. The quantitative estimate of drug-likeness (QED) is 0.466. The lowest BCUT2D eigenvalue weighted by atomic mass is 10.1. The zero-order valence-electron chi connectivity index (χ0n) is 13.4. The summed E-state index contributed by atoms with van der Waals surface area (Å²) >= 11 is 11.7. The number of benzene rings is 2. The number of carbonyl (C=O) groups is 2. The number of ether oxygens (including phenoxy) is 1. The summed E-state index contributed by atoms with van der Waals surface area (Å²) in [5.41, 5.74) is 0.558. The maximum absolute atomic E-state index is 12.3. The Morgan fingerprint density at radius 3 is 2.46 bits per heavy atom. The molecule has 0 aliphatic carbocycles. The molecule has 0 aliphatic heterocycles. The number of nitriles is 1. The molecular formula is C18H12Cl2N2O4. The van der Waals surface area contributed by atoms with E-state index in [1.54, 1.807) is 6.07 Å². The summed E-state index contributed by atoms with van der Waals surface area (Å²) < 4.78 is 4.59. The number of anilines is 1. The van der Waals surface area contributed by atoms with Gasteiger partial charge in [0.15, 0.2) is 0 Å². The minimum atomic E-state index is -0.700. The number of hydrogen-bond donors (Lipinski definition) is 2. The number of carbonyl (C=O) groups excluding carboxylic acids is 2. The van der Waals surface area contributed by atoms with Crippen LogP contribution in [-0.2, 0) is 9.53 Å². The average Bonchev–Trinajstić information content (AvgIpc) is 2.63. The lowest BCUT2D eigenvalue weighted by Crippen LogP contribution is -2.13. The maximum atomic E-state index is 12.3. The Labute approximate surface area is 159 Å². The summed E-state index contributed by atoms with van der Waals surface area (Å²) in [4.78, 5) is 23.6. The molecule has 0 heterocycles. The second-order valence-corrected chi connectivity index (χ2v) is 5.86. The predicted octanol–water partition coefficient (Wildman–Crippen LogP) is 4.03. The molecule has 0 bridgehead atoms. The molecule has 0 radical (unpaired) electrons. The minimum absolute atomic E-state index is 0.000142. The number of amides is 1. The second kappa shape index (κ2) is 8.39. The van der Waals surface area contributed by atoms with Gasteiger partial charge in [-0.1, -0.05) is 23.2 Å². The van der Waals surface area contributed by atoms with Gasteiger partial charge in [0.25, 0.3) is 5.91 Å². The van der Waals surface area contributed by atoms with E-state index in [-0.39, 0.29) is 26.9 Å². The lowest BCUT2D eigenvalue weighted by Gasteiger charge is -2.07. The van der Waals surface area contributed by atoms with Gasteiger partial charge in [0.1, 0.15) is 17.4 Å². The first-order valence-electron chi connectivity index (χ1n) is 7.15. The van der Waals surface area contributed by atoms with Crippen LogP contribution in [0, 0.1) is 11.3 Å². The molecule has 2 N–H and O–H groups in total. The van der Waals surface area contributed by atoms with Crippen molar-refractivity contribution in [1.82, 2.24) is 0 Å². The first kappa shape index (κ1) is 19.3. The molecule has 0 fully saturated rings. The highest BCUT2D eigenvalue weighted by molar-refractivity contribution is 6.36. The summed E-state index contributed by atoms with van der Waals surface area (Å²) in [7, 11) is 1.26. The molecule has 0 saturated heterocycles. The zero-order valence-corrected chi connectivity index (χ0v) is 14.9. The molecule has 0 spiro atoms. The molecular weight excluding hydrogens is 379 g/mol. The number of rotatable bonds is 4. The Balaban J connectivity index is 2.24. The first-order valence-corrected chi connectivity index (χ1v) is 7.91. The minimum Gasteiger partial charge on any atom is -0.506 e. The fourth-order valence-corrected chi connectivity index (χ4v) is 2.52. The van der Waals surface area contributed by atoms with Crippen molar-refractivity contribution in [3.63, 3.8) is 0 Å². The van der Waals surface area contributed by atoms with Crippen LogP contribution >= 0.6 is 23.2 Å². The topological polar surface area (TPSA) is 99.4 Å². The molecule has 0 aliphatic rings. The molecule has 2 rings (SSSR count). The monoisotopic (exact) mass is 390 g/mol. The number of aromatic hydroxyl groups is 1. The maximum Gasteiger partial charge on any atom is 0.337 e. The Kier molecular flexibility index (Phi) is 6.23. The smallest absolute Gasteiger partial charge is 0.337 e. The molecule has 0 aromatic heterocycles. The van der Waals surface area contributed by atoms with E-state index in [1.165, 1.54) is 49.6 Å². The van der Waals surface area contributed by atoms with Crippen molar-refractivity contribution in [3.8, 4) is 11.8 Å². The van der Waals surface area contributed by atoms with Gasteiger partial charge >= 0.3 is 5.97 Å². The number of nitrogens with one attached hydrogen (secondary N) is 1. The predicted molar refractivity (Wildman–Crippen MR) is 98.1 cm³/mol. The van der Waals surface area contributed by atoms with Gasteiger partial charge in [-0.25, -0.2) is 4.79 Å². The lowest BCUT2D eigenvalue weighted by molar-refractivity contribution is -0.112. The average molecular weight is 391 g/mol. The Bertz CT molecular complexity index is 931. The summed E-state index contributed by atoms with van der Waals surface area (Å²) in [6.07, 6.45) is 1.17. The van der Waals surface area contributed by atoms with Crippen LogP contribution < -0.4 is 5.32 Å². The molecule has 26 heavy (non-hydrogen) atoms. The van der Waals surface area contributed by atoms with E-state index in [2.05, 4.69) is 10.1 Å². The number of halogens is 2. The Morgan fingerprint density at radius 2 is 1.88 bits per heavy atom. The largest absolute Gasteiger partial charge is 0.506 e. The number of phenols is 1. The molecule has 0 saturated carbocycles. The third-order valence-electron chi connectivity index (χ3n) is 3.29. The van der Waals surface area contributed by atoms with Crippen LogP contribution in [0.3, 0.4) is 0 Å². The van der Waals surface area contributed by atoms with E-state index >= 15 is 0 Å². The number of esters is 1. The first-order chi connectivity index (χ1) is 12.3. The van der Waals surface area contributed by atoms with E-state index in [0.717, 1.165) is 0 Å². The van der Waals surface area contributed by atoms with Crippen molar-refractivity contribution in [2.45, 2.75) is 0 Å². The van der Waals surface area contributed by atoms with Crippen LogP contribution in [0.4, 0.5) is 5.69 Å². The van der Waals surface area contributed by atoms with Crippen LogP contribution in [-0.4, -0.2) is 24.1 Å². The van der Waals surface area contributed by atoms with Crippen LogP contribution in [0.2, 0.25) is 10.0 Å². The second-order valence-electron chi connectivity index (χ2n) is 5.02. The van der Waals surface area contributed by atoms with Gasteiger partial charge in [0.2, 0.25) is 0 Å². The molecule has 2 aromatic carbocycles. The summed E-state index contributed by atoms with van der Waals surface area (Å²) in [5.74, 6) is -1.50. The van der Waals surface area contributed by atoms with Crippen molar-refractivity contribution in [2.24, 2.45) is 0 Å². The fourth-order valence-electron chi connectivity index (χ4n) is 2.01. The van der Waals surface area contributed by atoms with Crippen LogP contribution in [0.15, 0.2) is 42.0 Å². The molecule has 2 aromatic rings. The van der Waals surface area contributed by atoms with Crippen molar-refractivity contribution in [2.75, 3.05) is 12.4 Å².